The quantitative estimate of drug-likeness (QED) is 0.215. The zero-order valence-corrected chi connectivity index (χ0v) is 20.8. The van der Waals surface area contributed by atoms with Crippen LogP contribution >= 0.6 is 35.3 Å². The van der Waals surface area contributed by atoms with Crippen LogP contribution in [0.5, 0.6) is 0 Å². The van der Waals surface area contributed by atoms with Gasteiger partial charge in [0.1, 0.15) is 10.8 Å². The van der Waals surface area contributed by atoms with Crippen LogP contribution in [0.25, 0.3) is 5.65 Å². The Labute approximate surface area is 199 Å². The first-order chi connectivity index (χ1) is 14.2. The van der Waals surface area contributed by atoms with Gasteiger partial charge in [-0.2, -0.15) is 0 Å². The van der Waals surface area contributed by atoms with Crippen molar-refractivity contribution in [2.45, 2.75) is 52.0 Å². The van der Waals surface area contributed by atoms with Gasteiger partial charge in [0.05, 0.1) is 12.2 Å². The molecule has 0 aromatic carbocycles. The first-order valence-corrected chi connectivity index (χ1v) is 11.3. The van der Waals surface area contributed by atoms with Crippen molar-refractivity contribution >= 4 is 46.9 Å². The van der Waals surface area contributed by atoms with Crippen LogP contribution in [0.1, 0.15) is 47.6 Å². The van der Waals surface area contributed by atoms with Gasteiger partial charge in [-0.1, -0.05) is 6.07 Å². The summed E-state index contributed by atoms with van der Waals surface area (Å²) < 4.78 is 2.05. The molecule has 4 rings (SSSR count). The van der Waals surface area contributed by atoms with E-state index >= 15 is 0 Å². The smallest absolute Gasteiger partial charge is 0.194 e. The lowest BCUT2D eigenvalue weighted by Gasteiger charge is -2.21. The van der Waals surface area contributed by atoms with Crippen molar-refractivity contribution in [2.24, 2.45) is 4.99 Å². The number of rotatable bonds is 7. The van der Waals surface area contributed by atoms with Crippen molar-refractivity contribution in [1.82, 2.24) is 29.8 Å². The maximum Gasteiger partial charge on any atom is 0.194 e. The number of aliphatic imine (C=N–C) groups is 1. The molecular formula is C21H30IN7S. The Morgan fingerprint density at radius 2 is 2.13 bits per heavy atom. The fourth-order valence-corrected chi connectivity index (χ4v) is 4.91. The zero-order chi connectivity index (χ0) is 20.1. The van der Waals surface area contributed by atoms with Gasteiger partial charge in [-0.05, 0) is 51.2 Å². The summed E-state index contributed by atoms with van der Waals surface area (Å²) in [4.78, 5) is 13.4. The van der Waals surface area contributed by atoms with E-state index in [1.165, 1.54) is 34.8 Å². The van der Waals surface area contributed by atoms with Gasteiger partial charge in [-0.25, -0.2) is 4.98 Å². The van der Waals surface area contributed by atoms with Crippen LogP contribution in [0.3, 0.4) is 0 Å². The molecule has 162 valence electrons. The number of aromatic nitrogens is 4. The van der Waals surface area contributed by atoms with E-state index in [1.807, 2.05) is 40.1 Å². The highest BCUT2D eigenvalue weighted by Gasteiger charge is 2.17. The molecule has 1 aliphatic carbocycles. The van der Waals surface area contributed by atoms with E-state index < -0.39 is 0 Å². The topological polar surface area (TPSA) is 70.7 Å². The van der Waals surface area contributed by atoms with Gasteiger partial charge >= 0.3 is 0 Å². The summed E-state index contributed by atoms with van der Waals surface area (Å²) in [6.45, 7) is 4.52. The van der Waals surface area contributed by atoms with Crippen molar-refractivity contribution in [3.8, 4) is 0 Å². The largest absolute Gasteiger partial charge is 0.357 e. The average molecular weight is 539 g/mol. The average Bonchev–Trinajstić information content (AvgIpc) is 3.33. The van der Waals surface area contributed by atoms with Crippen LogP contribution in [-0.4, -0.2) is 50.6 Å². The van der Waals surface area contributed by atoms with Crippen LogP contribution in [0.15, 0.2) is 29.4 Å². The lowest BCUT2D eigenvalue weighted by atomic mass is 10.0. The number of nitrogens with one attached hydrogen (secondary N) is 1. The summed E-state index contributed by atoms with van der Waals surface area (Å²) in [5.74, 6) is 1.93. The molecule has 0 unspecified atom stereocenters. The maximum absolute atomic E-state index is 4.87. The van der Waals surface area contributed by atoms with E-state index in [0.717, 1.165) is 56.3 Å². The first-order valence-electron chi connectivity index (χ1n) is 10.5. The van der Waals surface area contributed by atoms with Crippen molar-refractivity contribution in [3.63, 3.8) is 0 Å². The Morgan fingerprint density at radius 1 is 1.27 bits per heavy atom. The summed E-state index contributed by atoms with van der Waals surface area (Å²) in [6, 6.07) is 5.96. The lowest BCUT2D eigenvalue weighted by Crippen LogP contribution is -2.38. The molecular weight excluding hydrogens is 509 g/mol. The summed E-state index contributed by atoms with van der Waals surface area (Å²) in [6.07, 6.45) is 8.72. The van der Waals surface area contributed by atoms with Crippen molar-refractivity contribution in [3.05, 3.63) is 45.8 Å². The fraction of sp³-hybridized carbons (Fsp3) is 0.524. The summed E-state index contributed by atoms with van der Waals surface area (Å²) >= 11 is 1.87. The predicted octanol–water partition coefficient (Wildman–Crippen LogP) is 3.71. The molecule has 9 heteroatoms. The molecule has 7 nitrogen and oxygen atoms in total. The van der Waals surface area contributed by atoms with E-state index in [9.17, 15) is 0 Å². The molecule has 0 aliphatic heterocycles. The second-order valence-electron chi connectivity index (χ2n) is 7.42. The highest BCUT2D eigenvalue weighted by Crippen LogP contribution is 2.27. The molecule has 0 bridgehead atoms. The summed E-state index contributed by atoms with van der Waals surface area (Å²) in [5.41, 5.74) is 2.22. The van der Waals surface area contributed by atoms with Crippen LogP contribution < -0.4 is 5.32 Å². The van der Waals surface area contributed by atoms with Gasteiger partial charge in [0, 0.05) is 37.6 Å². The van der Waals surface area contributed by atoms with E-state index in [0.29, 0.717) is 0 Å². The number of guanidine groups is 1. The van der Waals surface area contributed by atoms with Gasteiger partial charge in [0.15, 0.2) is 11.6 Å². The van der Waals surface area contributed by atoms with Gasteiger partial charge in [0.2, 0.25) is 0 Å². The first kappa shape index (κ1) is 22.9. The second kappa shape index (κ2) is 11.0. The number of aryl methyl sites for hydroxylation is 3. The Bertz CT molecular complexity index is 957. The number of thiazole rings is 1. The molecule has 0 saturated carbocycles. The molecule has 3 aromatic heterocycles. The standard InChI is InChI=1S/C21H29N7S.HI/c1-3-22-21(27(2)15-20-24-16-9-4-5-10-17(16)29-20)23-13-8-12-19-26-25-18-11-6-7-14-28(18)19;/h6-7,11,14H,3-5,8-10,12-13,15H2,1-2H3,(H,22,23);1H. The van der Waals surface area contributed by atoms with Crippen LogP contribution in [0, 0.1) is 0 Å². The normalized spacial score (nSPS) is 13.7. The number of halogens is 1. The van der Waals surface area contributed by atoms with E-state index in [1.54, 1.807) is 0 Å². The molecule has 30 heavy (non-hydrogen) atoms. The minimum atomic E-state index is 0. The fourth-order valence-electron chi connectivity index (χ4n) is 3.70. The van der Waals surface area contributed by atoms with Gasteiger partial charge in [-0.15, -0.1) is 45.5 Å². The van der Waals surface area contributed by atoms with Gasteiger partial charge in [0.25, 0.3) is 0 Å². The highest BCUT2D eigenvalue weighted by atomic mass is 127. The molecule has 0 radical (unpaired) electrons. The van der Waals surface area contributed by atoms with Crippen molar-refractivity contribution < 1.29 is 0 Å². The minimum Gasteiger partial charge on any atom is -0.357 e. The third-order valence-corrected chi connectivity index (χ3v) is 6.31. The predicted molar refractivity (Wildman–Crippen MR) is 133 cm³/mol. The SMILES string of the molecule is CCNC(=NCCCc1nnc2ccccn12)N(C)Cc1nc2c(s1)CCCC2.I. The van der Waals surface area contributed by atoms with Gasteiger partial charge < -0.3 is 10.2 Å². The Balaban J connectivity index is 0.00000256. The van der Waals surface area contributed by atoms with E-state index in [-0.39, 0.29) is 24.0 Å². The molecule has 1 N–H and O–H groups in total. The number of hydrogen-bond donors (Lipinski definition) is 1. The number of pyridine rings is 1. The zero-order valence-electron chi connectivity index (χ0n) is 17.7. The van der Waals surface area contributed by atoms with Crippen LogP contribution in [0.4, 0.5) is 0 Å². The molecule has 3 heterocycles. The minimum absolute atomic E-state index is 0. The molecule has 0 saturated heterocycles. The number of nitrogens with zero attached hydrogens (tertiary/aromatic N) is 6. The molecule has 0 spiro atoms. The number of fused-ring (bicyclic) bond motifs is 2. The van der Waals surface area contributed by atoms with Crippen LogP contribution in [-0.2, 0) is 25.8 Å². The Kier molecular flexibility index (Phi) is 8.43. The van der Waals surface area contributed by atoms with Crippen molar-refractivity contribution in [2.75, 3.05) is 20.1 Å². The molecule has 0 atom stereocenters. The third-order valence-electron chi connectivity index (χ3n) is 5.16. The molecule has 1 aliphatic rings. The van der Waals surface area contributed by atoms with Crippen molar-refractivity contribution in [1.29, 1.82) is 0 Å². The monoisotopic (exact) mass is 539 g/mol. The van der Waals surface area contributed by atoms with Gasteiger partial charge in [-0.3, -0.25) is 9.39 Å². The summed E-state index contributed by atoms with van der Waals surface area (Å²) in [7, 11) is 2.09. The molecule has 0 fully saturated rings. The lowest BCUT2D eigenvalue weighted by molar-refractivity contribution is 0.474. The Morgan fingerprint density at radius 3 is 2.97 bits per heavy atom. The summed E-state index contributed by atoms with van der Waals surface area (Å²) in [5, 5.41) is 13.1. The molecule has 0 amide bonds. The number of hydrogen-bond acceptors (Lipinski definition) is 5. The highest BCUT2D eigenvalue weighted by molar-refractivity contribution is 14.0. The second-order valence-corrected chi connectivity index (χ2v) is 8.59. The Hall–Kier alpha value is -1.75. The van der Waals surface area contributed by atoms with Crippen LogP contribution in [0.2, 0.25) is 0 Å². The third kappa shape index (κ3) is 5.48. The van der Waals surface area contributed by atoms with E-state index in [4.69, 9.17) is 9.98 Å². The van der Waals surface area contributed by atoms with E-state index in [2.05, 4.69) is 34.4 Å². The molecule has 3 aromatic rings. The maximum atomic E-state index is 4.87.